The molecule has 164 valence electrons. The Bertz CT molecular complexity index is 834. The summed E-state index contributed by atoms with van der Waals surface area (Å²) in [6.07, 6.45) is 2.42. The summed E-state index contributed by atoms with van der Waals surface area (Å²) in [7, 11) is 1.63. The topological polar surface area (TPSA) is 70.8 Å². The quantitative estimate of drug-likeness (QED) is 0.455. The lowest BCUT2D eigenvalue weighted by Gasteiger charge is -2.17. The van der Waals surface area contributed by atoms with E-state index in [0.717, 1.165) is 39.9 Å². The zero-order valence-electron chi connectivity index (χ0n) is 18.4. The van der Waals surface area contributed by atoms with Crippen molar-refractivity contribution in [3.8, 4) is 17.2 Å². The minimum atomic E-state index is -0.332. The zero-order chi connectivity index (χ0) is 22.3. The molecule has 0 spiro atoms. The van der Waals surface area contributed by atoms with Gasteiger partial charge in [0.05, 0.1) is 25.2 Å². The number of carbonyl (C=O) groups excluding carboxylic acids is 1. The van der Waals surface area contributed by atoms with Gasteiger partial charge in [-0.1, -0.05) is 28.1 Å². The molecular weight excluding hydrogens is 446 g/mol. The summed E-state index contributed by atoms with van der Waals surface area (Å²) < 4.78 is 17.9. The van der Waals surface area contributed by atoms with E-state index in [2.05, 4.69) is 15.9 Å². The molecule has 2 rings (SSSR count). The van der Waals surface area contributed by atoms with Crippen molar-refractivity contribution >= 4 is 21.8 Å². The van der Waals surface area contributed by atoms with Gasteiger partial charge in [0.15, 0.2) is 11.5 Å². The van der Waals surface area contributed by atoms with Gasteiger partial charge in [-0.3, -0.25) is 4.79 Å². The molecule has 1 atom stereocenters. The van der Waals surface area contributed by atoms with Crippen LogP contribution in [0, 0.1) is 0 Å². The number of amides is 1. The molecule has 0 aliphatic rings. The maximum absolute atomic E-state index is 12.1. The van der Waals surface area contributed by atoms with Crippen molar-refractivity contribution in [1.29, 1.82) is 0 Å². The number of methoxy groups -OCH3 is 1. The highest BCUT2D eigenvalue weighted by Crippen LogP contribution is 2.35. The molecule has 0 aliphatic heterocycles. The Balaban J connectivity index is 2.08. The smallest absolute Gasteiger partial charge is 0.224 e. The summed E-state index contributed by atoms with van der Waals surface area (Å²) in [5, 5.41) is 0. The van der Waals surface area contributed by atoms with Crippen LogP contribution in [-0.2, 0) is 11.2 Å². The Kier molecular flexibility index (Phi) is 9.03. The maximum Gasteiger partial charge on any atom is 0.224 e. The molecule has 1 unspecified atom stereocenters. The van der Waals surface area contributed by atoms with E-state index >= 15 is 0 Å². The number of ether oxygens (including phenoxy) is 3. The van der Waals surface area contributed by atoms with Crippen LogP contribution in [0.3, 0.4) is 0 Å². The van der Waals surface area contributed by atoms with Crippen molar-refractivity contribution in [2.75, 3.05) is 7.11 Å². The Morgan fingerprint density at radius 1 is 1.00 bits per heavy atom. The fourth-order valence-electron chi connectivity index (χ4n) is 3.30. The molecule has 0 saturated carbocycles. The van der Waals surface area contributed by atoms with Crippen LogP contribution in [0.4, 0.5) is 0 Å². The van der Waals surface area contributed by atoms with Gasteiger partial charge in [-0.15, -0.1) is 0 Å². The number of halogens is 1. The van der Waals surface area contributed by atoms with Crippen LogP contribution in [0.1, 0.15) is 57.6 Å². The van der Waals surface area contributed by atoms with Crippen LogP contribution in [-0.4, -0.2) is 25.2 Å². The van der Waals surface area contributed by atoms with E-state index in [-0.39, 0.29) is 24.0 Å². The first kappa shape index (κ1) is 24.1. The average molecular weight is 478 g/mol. The Hall–Kier alpha value is -2.21. The van der Waals surface area contributed by atoms with Crippen molar-refractivity contribution in [2.45, 2.75) is 65.1 Å². The van der Waals surface area contributed by atoms with Crippen molar-refractivity contribution in [1.82, 2.24) is 0 Å². The van der Waals surface area contributed by atoms with E-state index in [9.17, 15) is 4.79 Å². The largest absolute Gasteiger partial charge is 0.493 e. The first-order valence-electron chi connectivity index (χ1n) is 10.3. The number of carbonyl (C=O) groups is 1. The third-order valence-corrected chi connectivity index (χ3v) is 5.37. The molecule has 6 heteroatoms. The van der Waals surface area contributed by atoms with E-state index in [1.165, 1.54) is 0 Å². The second-order valence-corrected chi connectivity index (χ2v) is 8.70. The van der Waals surface area contributed by atoms with Crippen molar-refractivity contribution in [3.63, 3.8) is 0 Å². The summed E-state index contributed by atoms with van der Waals surface area (Å²) >= 11 is 3.62. The van der Waals surface area contributed by atoms with Crippen LogP contribution >= 0.6 is 15.9 Å². The molecule has 2 aromatic carbocycles. The summed E-state index contributed by atoms with van der Waals surface area (Å²) in [6, 6.07) is 11.5. The van der Waals surface area contributed by atoms with E-state index in [1.807, 2.05) is 64.1 Å². The van der Waals surface area contributed by atoms with Crippen LogP contribution in [0.25, 0.3) is 0 Å². The second-order valence-electron chi connectivity index (χ2n) is 7.84. The minimum absolute atomic E-state index is 0.0508. The van der Waals surface area contributed by atoms with Gasteiger partial charge in [0.2, 0.25) is 5.91 Å². The molecule has 2 aromatic rings. The fraction of sp³-hybridized carbons (Fsp3) is 0.458. The Labute approximate surface area is 188 Å². The molecule has 0 saturated heterocycles. The predicted octanol–water partition coefficient (Wildman–Crippen LogP) is 5.62. The number of primary amides is 1. The van der Waals surface area contributed by atoms with E-state index < -0.39 is 0 Å². The van der Waals surface area contributed by atoms with Crippen molar-refractivity contribution in [3.05, 3.63) is 52.0 Å². The monoisotopic (exact) mass is 477 g/mol. The molecular formula is C24H32BrNO4. The molecule has 0 fully saturated rings. The summed E-state index contributed by atoms with van der Waals surface area (Å²) in [5.74, 6) is 1.56. The van der Waals surface area contributed by atoms with Gasteiger partial charge >= 0.3 is 0 Å². The summed E-state index contributed by atoms with van der Waals surface area (Å²) in [4.78, 5) is 12.1. The highest BCUT2D eigenvalue weighted by molar-refractivity contribution is 9.10. The van der Waals surface area contributed by atoms with Gasteiger partial charge in [-0.2, -0.15) is 0 Å². The predicted molar refractivity (Wildman–Crippen MR) is 124 cm³/mol. The van der Waals surface area contributed by atoms with Crippen LogP contribution in [0.15, 0.2) is 40.9 Å². The van der Waals surface area contributed by atoms with Gasteiger partial charge in [0.1, 0.15) is 5.75 Å². The molecule has 0 aliphatic carbocycles. The number of benzene rings is 2. The number of aryl methyl sites for hydroxylation is 1. The SMILES string of the molecule is COc1cc(Br)c(CCCC(C(N)=O)c2ccc(OC(C)C)cc2)cc1OC(C)C. The van der Waals surface area contributed by atoms with Gasteiger partial charge in [-0.25, -0.2) is 0 Å². The van der Waals surface area contributed by atoms with Crippen molar-refractivity contribution < 1.29 is 19.0 Å². The van der Waals surface area contributed by atoms with E-state index in [1.54, 1.807) is 7.11 Å². The van der Waals surface area contributed by atoms with Crippen LogP contribution < -0.4 is 19.9 Å². The second kappa shape index (κ2) is 11.3. The highest BCUT2D eigenvalue weighted by atomic mass is 79.9. The highest BCUT2D eigenvalue weighted by Gasteiger charge is 2.19. The normalized spacial score (nSPS) is 12.1. The lowest BCUT2D eigenvalue weighted by Crippen LogP contribution is -2.21. The van der Waals surface area contributed by atoms with Crippen LogP contribution in [0.5, 0.6) is 17.2 Å². The standard InChI is InChI=1S/C24H32BrNO4/c1-15(2)29-19-11-9-17(10-12-19)20(24(26)27)8-6-7-18-13-23(30-16(3)4)22(28-5)14-21(18)25/h9-16,20H,6-8H2,1-5H3,(H2,26,27). The van der Waals surface area contributed by atoms with Gasteiger partial charge < -0.3 is 19.9 Å². The number of hydrogen-bond donors (Lipinski definition) is 1. The molecule has 5 nitrogen and oxygen atoms in total. The van der Waals surface area contributed by atoms with Gasteiger partial charge in [0.25, 0.3) is 0 Å². The Morgan fingerprint density at radius 3 is 2.17 bits per heavy atom. The van der Waals surface area contributed by atoms with Gasteiger partial charge in [0, 0.05) is 4.47 Å². The molecule has 30 heavy (non-hydrogen) atoms. The number of nitrogens with two attached hydrogens (primary N) is 1. The first-order chi connectivity index (χ1) is 14.2. The number of hydrogen-bond acceptors (Lipinski definition) is 4. The molecule has 1 amide bonds. The van der Waals surface area contributed by atoms with Gasteiger partial charge in [-0.05, 0) is 82.3 Å². The average Bonchev–Trinajstić information content (AvgIpc) is 2.67. The molecule has 0 heterocycles. The summed E-state index contributed by atoms with van der Waals surface area (Å²) in [6.45, 7) is 7.93. The van der Waals surface area contributed by atoms with Crippen molar-refractivity contribution in [2.24, 2.45) is 5.73 Å². The lowest BCUT2D eigenvalue weighted by molar-refractivity contribution is -0.119. The maximum atomic E-state index is 12.1. The first-order valence-corrected chi connectivity index (χ1v) is 11.1. The zero-order valence-corrected chi connectivity index (χ0v) is 20.0. The third-order valence-electron chi connectivity index (χ3n) is 4.63. The minimum Gasteiger partial charge on any atom is -0.493 e. The fourth-order valence-corrected chi connectivity index (χ4v) is 3.82. The Morgan fingerprint density at radius 2 is 1.63 bits per heavy atom. The number of rotatable bonds is 11. The van der Waals surface area contributed by atoms with E-state index in [4.69, 9.17) is 19.9 Å². The van der Waals surface area contributed by atoms with Crippen LogP contribution in [0.2, 0.25) is 0 Å². The molecule has 0 bridgehead atoms. The molecule has 0 aromatic heterocycles. The third kappa shape index (κ3) is 6.94. The van der Waals surface area contributed by atoms with E-state index in [0.29, 0.717) is 12.2 Å². The molecule has 0 radical (unpaired) electrons. The summed E-state index contributed by atoms with van der Waals surface area (Å²) in [5.41, 5.74) is 7.72. The lowest BCUT2D eigenvalue weighted by atomic mass is 9.92. The molecule has 2 N–H and O–H groups in total.